The number of nitrogens with two attached hydrogens (primary N) is 1. The van der Waals surface area contributed by atoms with Gasteiger partial charge < -0.3 is 11.1 Å². The molecule has 0 saturated carbocycles. The predicted molar refractivity (Wildman–Crippen MR) is 74.5 cm³/mol. The molecule has 0 aliphatic rings. The summed E-state index contributed by atoms with van der Waals surface area (Å²) in [7, 11) is -3.29. The number of halogens is 2. The van der Waals surface area contributed by atoms with Gasteiger partial charge in [0.2, 0.25) is 10.0 Å². The summed E-state index contributed by atoms with van der Waals surface area (Å²) >= 11 is 3.01. The van der Waals surface area contributed by atoms with Crippen molar-refractivity contribution in [2.45, 2.75) is 6.92 Å². The van der Waals surface area contributed by atoms with Crippen LogP contribution in [0.5, 0.6) is 0 Å². The Morgan fingerprint density at radius 3 is 2.72 bits per heavy atom. The molecule has 4 N–H and O–H groups in total. The van der Waals surface area contributed by atoms with E-state index in [-0.39, 0.29) is 16.8 Å². The average Bonchev–Trinajstić information content (AvgIpc) is 2.25. The smallest absolute Gasteiger partial charge is 0.213 e. The summed E-state index contributed by atoms with van der Waals surface area (Å²) in [5.74, 6) is -0.556. The molecule has 1 aromatic rings. The van der Waals surface area contributed by atoms with Crippen LogP contribution in [0.4, 0.5) is 15.8 Å². The molecule has 18 heavy (non-hydrogen) atoms. The summed E-state index contributed by atoms with van der Waals surface area (Å²) in [4.78, 5) is 0. The van der Waals surface area contributed by atoms with Gasteiger partial charge in [0, 0.05) is 19.2 Å². The van der Waals surface area contributed by atoms with Crippen molar-refractivity contribution in [1.29, 1.82) is 0 Å². The first-order valence-corrected chi connectivity index (χ1v) is 7.76. The number of rotatable bonds is 6. The molecule has 0 heterocycles. The summed E-state index contributed by atoms with van der Waals surface area (Å²) in [6, 6.07) is 2.65. The zero-order valence-electron chi connectivity index (χ0n) is 9.83. The molecule has 0 aliphatic carbocycles. The number of anilines is 2. The Bertz CT molecular complexity index is 522. The lowest BCUT2D eigenvalue weighted by Gasteiger charge is -2.10. The number of sulfonamides is 1. The van der Waals surface area contributed by atoms with Crippen molar-refractivity contribution in [2.75, 3.05) is 29.9 Å². The van der Waals surface area contributed by atoms with Crippen LogP contribution in [0.15, 0.2) is 16.6 Å². The molecule has 0 unspecified atom stereocenters. The van der Waals surface area contributed by atoms with Gasteiger partial charge in [0.1, 0.15) is 5.82 Å². The van der Waals surface area contributed by atoms with Gasteiger partial charge in [0.15, 0.2) is 0 Å². The van der Waals surface area contributed by atoms with Crippen LogP contribution in [-0.2, 0) is 10.0 Å². The molecule has 0 fully saturated rings. The molecule has 0 aromatic heterocycles. The summed E-state index contributed by atoms with van der Waals surface area (Å²) in [6.45, 7) is 2.20. The number of hydrogen-bond donors (Lipinski definition) is 3. The Morgan fingerprint density at radius 1 is 1.44 bits per heavy atom. The maximum Gasteiger partial charge on any atom is 0.213 e. The van der Waals surface area contributed by atoms with Crippen LogP contribution in [0.1, 0.15) is 6.92 Å². The van der Waals surface area contributed by atoms with E-state index < -0.39 is 15.8 Å². The lowest BCUT2D eigenvalue weighted by molar-refractivity contribution is 0.584. The van der Waals surface area contributed by atoms with Crippen LogP contribution in [0.2, 0.25) is 0 Å². The molecule has 0 radical (unpaired) electrons. The van der Waals surface area contributed by atoms with Gasteiger partial charge in [0.25, 0.3) is 0 Å². The highest BCUT2D eigenvalue weighted by Crippen LogP contribution is 2.26. The highest BCUT2D eigenvalue weighted by molar-refractivity contribution is 9.10. The van der Waals surface area contributed by atoms with Gasteiger partial charge in [-0.1, -0.05) is 6.92 Å². The molecule has 0 aliphatic heterocycles. The van der Waals surface area contributed by atoms with E-state index in [2.05, 4.69) is 26.0 Å². The maximum atomic E-state index is 13.3. The molecule has 0 saturated heterocycles. The highest BCUT2D eigenvalue weighted by Gasteiger charge is 2.09. The monoisotopic (exact) mass is 339 g/mol. The van der Waals surface area contributed by atoms with E-state index >= 15 is 0 Å². The largest absolute Gasteiger partial charge is 0.397 e. The van der Waals surface area contributed by atoms with E-state index in [9.17, 15) is 12.8 Å². The summed E-state index contributed by atoms with van der Waals surface area (Å²) in [5.41, 5.74) is 6.40. The summed E-state index contributed by atoms with van der Waals surface area (Å²) in [5, 5.41) is 2.79. The van der Waals surface area contributed by atoms with Crippen molar-refractivity contribution >= 4 is 37.3 Å². The molecule has 102 valence electrons. The van der Waals surface area contributed by atoms with E-state index in [0.29, 0.717) is 17.9 Å². The second-order valence-electron chi connectivity index (χ2n) is 3.60. The minimum atomic E-state index is -3.29. The average molecular weight is 340 g/mol. The van der Waals surface area contributed by atoms with Crippen LogP contribution in [0.25, 0.3) is 0 Å². The van der Waals surface area contributed by atoms with Crippen molar-refractivity contribution in [2.24, 2.45) is 0 Å². The Labute approximate surface area is 114 Å². The molecule has 0 amide bonds. The van der Waals surface area contributed by atoms with Crippen molar-refractivity contribution in [3.63, 3.8) is 0 Å². The number of nitrogen functional groups attached to an aromatic ring is 1. The van der Waals surface area contributed by atoms with Gasteiger partial charge in [-0.2, -0.15) is 0 Å². The number of hydrogen-bond acceptors (Lipinski definition) is 4. The van der Waals surface area contributed by atoms with Crippen molar-refractivity contribution in [3.8, 4) is 0 Å². The maximum absolute atomic E-state index is 13.3. The van der Waals surface area contributed by atoms with Crippen LogP contribution in [-0.4, -0.2) is 27.3 Å². The summed E-state index contributed by atoms with van der Waals surface area (Å²) < 4.78 is 38.6. The minimum Gasteiger partial charge on any atom is -0.397 e. The lowest BCUT2D eigenvalue weighted by atomic mass is 10.2. The van der Waals surface area contributed by atoms with Gasteiger partial charge in [-0.15, -0.1) is 0 Å². The molecular weight excluding hydrogens is 325 g/mol. The molecule has 8 heteroatoms. The standard InChI is InChI=1S/C10H15BrFN3O2S/c1-2-15-18(16,17)4-3-14-10-6-8(12)7(11)5-9(10)13/h5-6,14-15H,2-4,13H2,1H3. The first kappa shape index (κ1) is 15.2. The van der Waals surface area contributed by atoms with Crippen LogP contribution >= 0.6 is 15.9 Å². The predicted octanol–water partition coefficient (Wildman–Crippen LogP) is 1.52. The van der Waals surface area contributed by atoms with E-state index in [0.717, 1.165) is 0 Å². The third-order valence-electron chi connectivity index (χ3n) is 2.14. The minimum absolute atomic E-state index is 0.0992. The van der Waals surface area contributed by atoms with E-state index in [1.54, 1.807) is 6.92 Å². The van der Waals surface area contributed by atoms with Crippen LogP contribution in [0, 0.1) is 5.82 Å². The van der Waals surface area contributed by atoms with Crippen molar-refractivity contribution < 1.29 is 12.8 Å². The number of benzene rings is 1. The Kier molecular flexibility index (Phi) is 5.36. The molecule has 0 atom stereocenters. The molecule has 0 spiro atoms. The van der Waals surface area contributed by atoms with E-state index in [1.807, 2.05) is 0 Å². The van der Waals surface area contributed by atoms with Gasteiger partial charge in [-0.25, -0.2) is 17.5 Å². The van der Waals surface area contributed by atoms with E-state index in [1.165, 1.54) is 12.1 Å². The Hall–Kier alpha value is -0.860. The third kappa shape index (κ3) is 4.43. The fourth-order valence-electron chi connectivity index (χ4n) is 1.33. The molecule has 0 bridgehead atoms. The van der Waals surface area contributed by atoms with Gasteiger partial charge >= 0.3 is 0 Å². The lowest BCUT2D eigenvalue weighted by Crippen LogP contribution is -2.29. The normalized spacial score (nSPS) is 11.5. The second-order valence-corrected chi connectivity index (χ2v) is 6.38. The quantitative estimate of drug-likeness (QED) is 0.686. The summed E-state index contributed by atoms with van der Waals surface area (Å²) in [6.07, 6.45) is 0. The Balaban J connectivity index is 2.62. The first-order valence-electron chi connectivity index (χ1n) is 5.31. The zero-order chi connectivity index (χ0) is 13.8. The van der Waals surface area contributed by atoms with Crippen molar-refractivity contribution in [1.82, 2.24) is 4.72 Å². The SMILES string of the molecule is CCNS(=O)(=O)CCNc1cc(F)c(Br)cc1N. The fraction of sp³-hybridized carbons (Fsp3) is 0.400. The zero-order valence-corrected chi connectivity index (χ0v) is 12.2. The topological polar surface area (TPSA) is 84.2 Å². The number of nitrogens with one attached hydrogen (secondary N) is 2. The van der Waals surface area contributed by atoms with Crippen LogP contribution in [0.3, 0.4) is 0 Å². The van der Waals surface area contributed by atoms with E-state index in [4.69, 9.17) is 5.73 Å². The van der Waals surface area contributed by atoms with Gasteiger partial charge in [0.05, 0.1) is 21.6 Å². The van der Waals surface area contributed by atoms with Crippen molar-refractivity contribution in [3.05, 3.63) is 22.4 Å². The first-order chi connectivity index (χ1) is 8.35. The Morgan fingerprint density at radius 2 is 2.11 bits per heavy atom. The fourth-order valence-corrected chi connectivity index (χ4v) is 2.64. The van der Waals surface area contributed by atoms with Gasteiger partial charge in [-0.3, -0.25) is 0 Å². The third-order valence-corrected chi connectivity index (χ3v) is 4.22. The van der Waals surface area contributed by atoms with Gasteiger partial charge in [-0.05, 0) is 22.0 Å². The second kappa shape index (κ2) is 6.35. The molecule has 1 aromatic carbocycles. The molecule has 5 nitrogen and oxygen atoms in total. The van der Waals surface area contributed by atoms with Crippen LogP contribution < -0.4 is 15.8 Å². The molecule has 1 rings (SSSR count). The highest BCUT2D eigenvalue weighted by atomic mass is 79.9. The molecular formula is C10H15BrFN3O2S.